The summed E-state index contributed by atoms with van der Waals surface area (Å²) >= 11 is 0. The third-order valence-corrected chi connectivity index (χ3v) is 6.38. The maximum atomic E-state index is 13.2. The average Bonchev–Trinajstić information content (AvgIpc) is 3.26. The van der Waals surface area contributed by atoms with Crippen LogP contribution in [0.4, 0.5) is 5.69 Å². The summed E-state index contributed by atoms with van der Waals surface area (Å²) in [7, 11) is 1.37. The molecule has 0 saturated carbocycles. The number of amides is 1. The number of hydrogen-bond acceptors (Lipinski definition) is 11. The summed E-state index contributed by atoms with van der Waals surface area (Å²) in [5, 5.41) is 69.6. The van der Waals surface area contributed by atoms with E-state index in [-0.39, 0.29) is 29.4 Å². The monoisotopic (exact) mass is 533 g/mol. The van der Waals surface area contributed by atoms with Crippen molar-refractivity contribution in [2.75, 3.05) is 18.6 Å². The molecule has 0 spiro atoms. The zero-order chi connectivity index (χ0) is 27.7. The first-order valence-electron chi connectivity index (χ1n) is 11.5. The Bertz CT molecular complexity index is 1250. The van der Waals surface area contributed by atoms with Crippen molar-refractivity contribution < 1.29 is 59.5 Å². The zero-order valence-corrected chi connectivity index (χ0v) is 20.0. The Hall–Kier alpha value is -3.88. The second kappa shape index (κ2) is 10.8. The maximum Gasteiger partial charge on any atom is 0.327 e. The van der Waals surface area contributed by atoms with Crippen molar-refractivity contribution in [2.24, 2.45) is 0 Å². The minimum atomic E-state index is -1.75. The third-order valence-electron chi connectivity index (χ3n) is 6.38. The molecule has 2 aliphatic rings. The number of rotatable bonds is 7. The number of ether oxygens (including phenoxy) is 3. The summed E-state index contributed by atoms with van der Waals surface area (Å²) in [6.07, 6.45) is -5.52. The molecule has 1 amide bonds. The van der Waals surface area contributed by atoms with Gasteiger partial charge in [-0.2, -0.15) is 0 Å². The number of nitrogens with zero attached hydrogens (tertiary/aromatic N) is 1. The summed E-state index contributed by atoms with van der Waals surface area (Å²) in [5.41, 5.74) is 0.952. The minimum Gasteiger partial charge on any atom is -0.504 e. The van der Waals surface area contributed by atoms with E-state index in [2.05, 4.69) is 0 Å². The van der Waals surface area contributed by atoms with Gasteiger partial charge >= 0.3 is 5.97 Å². The molecule has 0 aromatic heterocycles. The zero-order valence-electron chi connectivity index (χ0n) is 20.0. The highest BCUT2D eigenvalue weighted by Crippen LogP contribution is 2.42. The van der Waals surface area contributed by atoms with Gasteiger partial charge in [0.25, 0.3) is 5.91 Å². The smallest absolute Gasteiger partial charge is 0.327 e. The van der Waals surface area contributed by atoms with Crippen LogP contribution < -0.4 is 14.4 Å². The normalized spacial score (nSPS) is 26.8. The van der Waals surface area contributed by atoms with Crippen LogP contribution in [0.15, 0.2) is 36.4 Å². The summed E-state index contributed by atoms with van der Waals surface area (Å²) < 4.78 is 15.9. The van der Waals surface area contributed by atoms with Gasteiger partial charge in [0.05, 0.1) is 19.4 Å². The van der Waals surface area contributed by atoms with Gasteiger partial charge in [0.15, 0.2) is 23.0 Å². The van der Waals surface area contributed by atoms with Crippen molar-refractivity contribution in [3.63, 3.8) is 0 Å². The summed E-state index contributed by atoms with van der Waals surface area (Å²) in [6, 6.07) is 5.50. The second-order valence-electron chi connectivity index (χ2n) is 8.79. The van der Waals surface area contributed by atoms with E-state index in [1.54, 1.807) is 0 Å². The van der Waals surface area contributed by atoms with Gasteiger partial charge in [-0.3, -0.25) is 9.69 Å². The van der Waals surface area contributed by atoms with Gasteiger partial charge < -0.3 is 50.0 Å². The molecule has 2 aromatic carbocycles. The number of aliphatic carboxylic acids is 1. The standard InChI is InChI=1S/C25H27NO12/c1-36-17-6-11(2-4-15(17)28)3-5-20(30)26-13-9-18(16(29)8-12(13)7-14(26)24(34)35)37-25-23(33)22(32)21(31)19(10-27)38-25/h2-6,8-9,14,19,21-23,25,27-29,31-33H,7,10H2,1H3,(H,34,35)/b5-3+/t14-,19-,21-,22+,23-,25-/m1/s1. The van der Waals surface area contributed by atoms with Crippen molar-refractivity contribution in [3.05, 3.63) is 47.5 Å². The lowest BCUT2D eigenvalue weighted by Crippen LogP contribution is -2.60. The van der Waals surface area contributed by atoms with E-state index < -0.39 is 61.0 Å². The van der Waals surface area contributed by atoms with Crippen LogP contribution in [0.2, 0.25) is 0 Å². The molecule has 4 rings (SSSR count). The number of aliphatic hydroxyl groups is 4. The number of fused-ring (bicyclic) bond motifs is 1. The fourth-order valence-corrected chi connectivity index (χ4v) is 4.36. The van der Waals surface area contributed by atoms with Crippen molar-refractivity contribution in [2.45, 2.75) is 43.2 Å². The topological polar surface area (TPSA) is 207 Å². The molecule has 1 saturated heterocycles. The van der Waals surface area contributed by atoms with Crippen molar-refractivity contribution in [1.29, 1.82) is 0 Å². The molecule has 13 nitrogen and oxygen atoms in total. The number of hydrogen-bond donors (Lipinski definition) is 7. The van der Waals surface area contributed by atoms with E-state index in [1.165, 1.54) is 43.5 Å². The lowest BCUT2D eigenvalue weighted by molar-refractivity contribution is -0.277. The summed E-state index contributed by atoms with van der Waals surface area (Å²) in [5.74, 6) is -2.66. The number of phenols is 2. The molecule has 6 atom stereocenters. The minimum absolute atomic E-state index is 0.0953. The highest BCUT2D eigenvalue weighted by atomic mass is 16.7. The number of anilines is 1. The largest absolute Gasteiger partial charge is 0.504 e. The Kier molecular flexibility index (Phi) is 7.76. The van der Waals surface area contributed by atoms with E-state index in [0.29, 0.717) is 11.1 Å². The van der Waals surface area contributed by atoms with E-state index in [0.717, 1.165) is 11.0 Å². The number of methoxy groups -OCH3 is 1. The molecule has 0 unspecified atom stereocenters. The Morgan fingerprint density at radius 1 is 1.05 bits per heavy atom. The number of phenolic OH excluding ortho intramolecular Hbond substituents is 2. The van der Waals surface area contributed by atoms with Crippen LogP contribution in [0.3, 0.4) is 0 Å². The Morgan fingerprint density at radius 2 is 1.79 bits per heavy atom. The molecule has 2 aliphatic heterocycles. The van der Waals surface area contributed by atoms with Gasteiger partial charge in [0, 0.05) is 18.6 Å². The van der Waals surface area contributed by atoms with Crippen LogP contribution >= 0.6 is 0 Å². The van der Waals surface area contributed by atoms with Crippen molar-refractivity contribution in [1.82, 2.24) is 0 Å². The molecule has 204 valence electrons. The fourth-order valence-electron chi connectivity index (χ4n) is 4.36. The maximum absolute atomic E-state index is 13.2. The second-order valence-corrected chi connectivity index (χ2v) is 8.79. The number of carboxylic acid groups (broad SMARTS) is 1. The van der Waals surface area contributed by atoms with Gasteiger partial charge in [-0.05, 0) is 35.4 Å². The van der Waals surface area contributed by atoms with Crippen LogP contribution in [0.25, 0.3) is 6.08 Å². The van der Waals surface area contributed by atoms with Crippen LogP contribution in [0.1, 0.15) is 11.1 Å². The van der Waals surface area contributed by atoms with Crippen molar-refractivity contribution >= 4 is 23.6 Å². The Morgan fingerprint density at radius 3 is 2.45 bits per heavy atom. The molecular formula is C25H27NO12. The van der Waals surface area contributed by atoms with Gasteiger partial charge in [-0.15, -0.1) is 0 Å². The molecule has 13 heteroatoms. The highest BCUT2D eigenvalue weighted by Gasteiger charge is 2.45. The summed E-state index contributed by atoms with van der Waals surface area (Å²) in [6.45, 7) is -0.692. The molecule has 38 heavy (non-hydrogen) atoms. The molecule has 0 bridgehead atoms. The predicted octanol–water partition coefficient (Wildman–Crippen LogP) is -0.659. The van der Waals surface area contributed by atoms with E-state index >= 15 is 0 Å². The molecule has 2 heterocycles. The highest BCUT2D eigenvalue weighted by molar-refractivity contribution is 6.09. The number of benzene rings is 2. The van der Waals surface area contributed by atoms with Gasteiger partial charge in [-0.25, -0.2) is 4.79 Å². The van der Waals surface area contributed by atoms with Gasteiger partial charge in [0.2, 0.25) is 6.29 Å². The van der Waals surface area contributed by atoms with Crippen LogP contribution in [0, 0.1) is 0 Å². The first-order chi connectivity index (χ1) is 18.0. The van der Waals surface area contributed by atoms with Crippen LogP contribution in [0.5, 0.6) is 23.0 Å². The van der Waals surface area contributed by atoms with E-state index in [9.17, 15) is 45.3 Å². The molecule has 1 fully saturated rings. The van der Waals surface area contributed by atoms with Crippen LogP contribution in [-0.4, -0.2) is 98.1 Å². The fraction of sp³-hybridized carbons (Fsp3) is 0.360. The molecule has 7 N–H and O–H groups in total. The third kappa shape index (κ3) is 5.10. The van der Waals surface area contributed by atoms with E-state index in [4.69, 9.17) is 14.2 Å². The lowest BCUT2D eigenvalue weighted by Gasteiger charge is -2.39. The number of aliphatic hydroxyl groups excluding tert-OH is 4. The SMILES string of the molecule is COc1cc(/C=C/C(=O)N2c3cc(O[C@@H]4O[C@H](CO)[C@@H](O)[C@H](O)[C@H]4O)c(O)cc3C[C@@H]2C(=O)O)ccc1O. The molecule has 0 radical (unpaired) electrons. The first-order valence-corrected chi connectivity index (χ1v) is 11.5. The molecule has 2 aromatic rings. The summed E-state index contributed by atoms with van der Waals surface area (Å²) in [4.78, 5) is 26.1. The first kappa shape index (κ1) is 27.2. The van der Waals surface area contributed by atoms with Crippen LogP contribution in [-0.2, 0) is 20.7 Å². The van der Waals surface area contributed by atoms with Gasteiger partial charge in [-0.1, -0.05) is 6.07 Å². The average molecular weight is 533 g/mol. The number of aromatic hydroxyl groups is 2. The molecule has 0 aliphatic carbocycles. The molecular weight excluding hydrogens is 506 g/mol. The van der Waals surface area contributed by atoms with Gasteiger partial charge in [0.1, 0.15) is 30.5 Å². The number of carbonyl (C=O) groups is 2. The number of carboxylic acids is 1. The Labute approximate surface area is 216 Å². The van der Waals surface area contributed by atoms with E-state index in [1.807, 2.05) is 0 Å². The Balaban J connectivity index is 1.63. The number of carbonyl (C=O) groups excluding carboxylic acids is 1. The van der Waals surface area contributed by atoms with Crippen molar-refractivity contribution in [3.8, 4) is 23.0 Å². The predicted molar refractivity (Wildman–Crippen MR) is 129 cm³/mol. The lowest BCUT2D eigenvalue weighted by atomic mass is 9.99. The quantitative estimate of drug-likeness (QED) is 0.222.